The molecule has 1 aromatic carbocycles. The van der Waals surface area contributed by atoms with Crippen LogP contribution in [0.2, 0.25) is 0 Å². The fourth-order valence-electron chi connectivity index (χ4n) is 1.60. The molecule has 0 saturated carbocycles. The van der Waals surface area contributed by atoms with E-state index in [2.05, 4.69) is 0 Å². The molecule has 78 valence electrons. The van der Waals surface area contributed by atoms with Gasteiger partial charge in [0.15, 0.2) is 0 Å². The number of nitrogens with two attached hydrogens (primary N) is 1. The van der Waals surface area contributed by atoms with Crippen LogP contribution in [0.5, 0.6) is 0 Å². The monoisotopic (exact) mass is 204 g/mol. The van der Waals surface area contributed by atoms with Crippen molar-refractivity contribution in [2.75, 3.05) is 0 Å². The molecule has 0 saturated heterocycles. The Bertz CT molecular complexity index is 448. The highest BCUT2D eigenvalue weighted by molar-refractivity contribution is 5.19. The molecule has 0 atom stereocenters. The summed E-state index contributed by atoms with van der Waals surface area (Å²) in [6.45, 7) is 1.01. The molecule has 0 amide bonds. The van der Waals surface area contributed by atoms with Crippen LogP contribution in [-0.2, 0) is 13.1 Å². The first kappa shape index (κ1) is 9.93. The summed E-state index contributed by atoms with van der Waals surface area (Å²) in [7, 11) is 0. The third-order valence-electron chi connectivity index (χ3n) is 2.43. The lowest BCUT2D eigenvalue weighted by Gasteiger charge is -2.08. The van der Waals surface area contributed by atoms with Crippen molar-refractivity contribution < 1.29 is 4.39 Å². The molecule has 0 aliphatic heterocycles. The molecule has 2 N–H and O–H groups in total. The molecule has 0 spiro atoms. The van der Waals surface area contributed by atoms with Crippen molar-refractivity contribution in [1.82, 2.24) is 4.57 Å². The smallest absolute Gasteiger partial charge is 0.128 e. The minimum atomic E-state index is -0.172. The van der Waals surface area contributed by atoms with Crippen LogP contribution in [0.3, 0.4) is 0 Å². The van der Waals surface area contributed by atoms with Crippen molar-refractivity contribution in [2.45, 2.75) is 13.1 Å². The van der Waals surface area contributed by atoms with Crippen molar-refractivity contribution in [3.05, 3.63) is 59.7 Å². The van der Waals surface area contributed by atoms with Crippen LogP contribution >= 0.6 is 0 Å². The maximum absolute atomic E-state index is 13.4. The van der Waals surface area contributed by atoms with Gasteiger partial charge in [-0.3, -0.25) is 0 Å². The zero-order valence-electron chi connectivity index (χ0n) is 8.36. The maximum atomic E-state index is 13.4. The fraction of sp³-hybridized carbons (Fsp3) is 0.167. The highest BCUT2D eigenvalue weighted by atomic mass is 19.1. The van der Waals surface area contributed by atoms with Crippen LogP contribution in [0.1, 0.15) is 11.3 Å². The molecule has 2 nitrogen and oxygen atoms in total. The quantitative estimate of drug-likeness (QED) is 0.815. The van der Waals surface area contributed by atoms with Gasteiger partial charge >= 0.3 is 0 Å². The van der Waals surface area contributed by atoms with Gasteiger partial charge in [-0.25, -0.2) is 4.39 Å². The molecule has 1 heterocycles. The number of benzene rings is 1. The van der Waals surface area contributed by atoms with E-state index in [4.69, 9.17) is 5.73 Å². The number of hydrogen-bond acceptors (Lipinski definition) is 1. The predicted octanol–water partition coefficient (Wildman–Crippen LogP) is 2.13. The number of nitrogens with zero attached hydrogens (tertiary/aromatic N) is 1. The van der Waals surface area contributed by atoms with E-state index in [1.165, 1.54) is 6.07 Å². The van der Waals surface area contributed by atoms with Crippen molar-refractivity contribution in [2.24, 2.45) is 5.73 Å². The van der Waals surface area contributed by atoms with Gasteiger partial charge < -0.3 is 10.3 Å². The van der Waals surface area contributed by atoms with E-state index in [1.807, 2.05) is 29.0 Å². The minimum absolute atomic E-state index is 0.172. The predicted molar refractivity (Wildman–Crippen MR) is 57.8 cm³/mol. The zero-order chi connectivity index (χ0) is 10.7. The number of rotatable bonds is 3. The number of aromatic nitrogens is 1. The topological polar surface area (TPSA) is 30.9 Å². The van der Waals surface area contributed by atoms with E-state index in [9.17, 15) is 4.39 Å². The van der Waals surface area contributed by atoms with Gasteiger partial charge in [-0.2, -0.15) is 0 Å². The Balaban J connectivity index is 2.26. The molecular weight excluding hydrogens is 191 g/mol. The third kappa shape index (κ3) is 2.07. The molecule has 0 radical (unpaired) electrons. The molecule has 1 aromatic heterocycles. The first-order valence-corrected chi connectivity index (χ1v) is 4.89. The largest absolute Gasteiger partial charge is 0.346 e. The van der Waals surface area contributed by atoms with Crippen molar-refractivity contribution in [3.8, 4) is 0 Å². The Hall–Kier alpha value is -1.61. The fourth-order valence-corrected chi connectivity index (χ4v) is 1.60. The lowest BCUT2D eigenvalue weighted by Crippen LogP contribution is -2.08. The second kappa shape index (κ2) is 4.28. The van der Waals surface area contributed by atoms with E-state index >= 15 is 0 Å². The summed E-state index contributed by atoms with van der Waals surface area (Å²) in [5.41, 5.74) is 7.27. The minimum Gasteiger partial charge on any atom is -0.346 e. The Morgan fingerprint density at radius 1 is 1.13 bits per heavy atom. The summed E-state index contributed by atoms with van der Waals surface area (Å²) in [6, 6.07) is 10.7. The summed E-state index contributed by atoms with van der Waals surface area (Å²) < 4.78 is 15.3. The van der Waals surface area contributed by atoms with Gasteiger partial charge in [0.25, 0.3) is 0 Å². The van der Waals surface area contributed by atoms with E-state index < -0.39 is 0 Å². The molecule has 2 aromatic rings. The SMILES string of the molecule is NCc1cccn1Cc1ccccc1F. The Labute approximate surface area is 88.1 Å². The summed E-state index contributed by atoms with van der Waals surface area (Å²) in [4.78, 5) is 0. The van der Waals surface area contributed by atoms with Crippen molar-refractivity contribution in [1.29, 1.82) is 0 Å². The van der Waals surface area contributed by atoms with Crippen molar-refractivity contribution in [3.63, 3.8) is 0 Å². The summed E-state index contributed by atoms with van der Waals surface area (Å²) in [6.07, 6.45) is 1.91. The average molecular weight is 204 g/mol. The number of halogens is 1. The lowest BCUT2D eigenvalue weighted by molar-refractivity contribution is 0.596. The van der Waals surface area contributed by atoms with Crippen molar-refractivity contribution >= 4 is 0 Å². The second-order valence-corrected chi connectivity index (χ2v) is 3.42. The van der Waals surface area contributed by atoms with Gasteiger partial charge in [0.05, 0.1) is 6.54 Å². The van der Waals surface area contributed by atoms with Gasteiger partial charge in [-0.1, -0.05) is 18.2 Å². The Kier molecular flexibility index (Phi) is 2.83. The van der Waals surface area contributed by atoms with Crippen LogP contribution in [-0.4, -0.2) is 4.57 Å². The first-order chi connectivity index (χ1) is 7.31. The van der Waals surface area contributed by atoms with Gasteiger partial charge in [-0.05, 0) is 18.2 Å². The third-order valence-corrected chi connectivity index (χ3v) is 2.43. The number of hydrogen-bond donors (Lipinski definition) is 1. The van der Waals surface area contributed by atoms with E-state index in [1.54, 1.807) is 12.1 Å². The lowest BCUT2D eigenvalue weighted by atomic mass is 10.2. The molecule has 2 rings (SSSR count). The first-order valence-electron chi connectivity index (χ1n) is 4.89. The van der Waals surface area contributed by atoms with Crippen LogP contribution in [0, 0.1) is 5.82 Å². The highest BCUT2D eigenvalue weighted by Crippen LogP contribution is 2.10. The molecule has 0 bridgehead atoms. The molecule has 15 heavy (non-hydrogen) atoms. The maximum Gasteiger partial charge on any atom is 0.128 e. The van der Waals surface area contributed by atoms with Crippen LogP contribution in [0.15, 0.2) is 42.6 Å². The second-order valence-electron chi connectivity index (χ2n) is 3.42. The van der Waals surface area contributed by atoms with E-state index in [0.29, 0.717) is 18.7 Å². The Morgan fingerprint density at radius 3 is 2.67 bits per heavy atom. The van der Waals surface area contributed by atoms with Gasteiger partial charge in [-0.15, -0.1) is 0 Å². The summed E-state index contributed by atoms with van der Waals surface area (Å²) in [5, 5.41) is 0. The van der Waals surface area contributed by atoms with E-state index in [-0.39, 0.29) is 5.82 Å². The van der Waals surface area contributed by atoms with Gasteiger partial charge in [0.1, 0.15) is 5.82 Å². The molecular formula is C12H13FN2. The Morgan fingerprint density at radius 2 is 1.93 bits per heavy atom. The molecule has 0 fully saturated rings. The average Bonchev–Trinajstić information content (AvgIpc) is 2.69. The molecule has 3 heteroatoms. The molecule has 0 aliphatic rings. The molecule has 0 unspecified atom stereocenters. The standard InChI is InChI=1S/C12H13FN2/c13-12-6-2-1-4-10(12)9-15-7-3-5-11(15)8-14/h1-7H,8-9,14H2. The van der Waals surface area contributed by atoms with E-state index in [0.717, 1.165) is 5.69 Å². The van der Waals surface area contributed by atoms with Crippen LogP contribution in [0.4, 0.5) is 4.39 Å². The molecule has 0 aliphatic carbocycles. The summed E-state index contributed by atoms with van der Waals surface area (Å²) >= 11 is 0. The van der Waals surface area contributed by atoms with Crippen LogP contribution in [0.25, 0.3) is 0 Å². The highest BCUT2D eigenvalue weighted by Gasteiger charge is 2.03. The van der Waals surface area contributed by atoms with Crippen LogP contribution < -0.4 is 5.73 Å². The zero-order valence-corrected chi connectivity index (χ0v) is 8.36. The van der Waals surface area contributed by atoms with Gasteiger partial charge in [0, 0.05) is 24.0 Å². The van der Waals surface area contributed by atoms with Gasteiger partial charge in [0.2, 0.25) is 0 Å². The summed E-state index contributed by atoms with van der Waals surface area (Å²) in [5.74, 6) is -0.172. The normalized spacial score (nSPS) is 10.5.